The predicted octanol–water partition coefficient (Wildman–Crippen LogP) is 4.03. The summed E-state index contributed by atoms with van der Waals surface area (Å²) in [7, 11) is 0. The molecule has 1 amide bonds. The molecule has 0 saturated carbocycles. The fourth-order valence-corrected chi connectivity index (χ4v) is 3.27. The van der Waals surface area contributed by atoms with Crippen LogP contribution in [0.5, 0.6) is 0 Å². The molecule has 0 aliphatic heterocycles. The van der Waals surface area contributed by atoms with Crippen molar-refractivity contribution in [3.05, 3.63) is 35.4 Å². The van der Waals surface area contributed by atoms with E-state index >= 15 is 0 Å². The van der Waals surface area contributed by atoms with E-state index in [0.717, 1.165) is 10.1 Å². The van der Waals surface area contributed by atoms with E-state index in [1.165, 1.54) is 16.9 Å². The van der Waals surface area contributed by atoms with Gasteiger partial charge in [-0.25, -0.2) is 0 Å². The minimum absolute atomic E-state index is 0.149. The maximum atomic E-state index is 12.1. The smallest absolute Gasteiger partial charge is 0.257 e. The highest BCUT2D eigenvalue weighted by Gasteiger charge is 2.10. The number of hydrogen-bond donors (Lipinski definition) is 1. The highest BCUT2D eigenvalue weighted by molar-refractivity contribution is 8.01. The second-order valence-corrected chi connectivity index (χ2v) is 7.03. The van der Waals surface area contributed by atoms with Crippen LogP contribution in [0.25, 0.3) is 0 Å². The van der Waals surface area contributed by atoms with Crippen molar-refractivity contribution in [1.29, 1.82) is 0 Å². The maximum absolute atomic E-state index is 12.1. The number of amides is 1. The summed E-state index contributed by atoms with van der Waals surface area (Å²) in [6.45, 7) is 6.31. The van der Waals surface area contributed by atoms with Crippen LogP contribution in [0.3, 0.4) is 0 Å². The molecule has 0 bridgehead atoms. The van der Waals surface area contributed by atoms with E-state index < -0.39 is 0 Å². The summed E-state index contributed by atoms with van der Waals surface area (Å²) < 4.78 is 0.873. The Morgan fingerprint density at radius 1 is 1.30 bits per heavy atom. The Balaban J connectivity index is 2.03. The van der Waals surface area contributed by atoms with Crippen molar-refractivity contribution in [3.63, 3.8) is 0 Å². The molecule has 0 spiro atoms. The number of aromatic nitrogens is 2. The van der Waals surface area contributed by atoms with Crippen molar-refractivity contribution in [1.82, 2.24) is 10.2 Å². The molecule has 0 unspecified atom stereocenters. The molecule has 1 heterocycles. The Morgan fingerprint density at radius 2 is 2.00 bits per heavy atom. The molecule has 1 N–H and O–H groups in total. The first kappa shape index (κ1) is 15.0. The first-order valence-corrected chi connectivity index (χ1v) is 8.28. The summed E-state index contributed by atoms with van der Waals surface area (Å²) in [6.07, 6.45) is 0. The van der Waals surface area contributed by atoms with Gasteiger partial charge in [0.2, 0.25) is 5.13 Å². The zero-order chi connectivity index (χ0) is 14.5. The number of thioether (sulfide) groups is 1. The Hall–Kier alpha value is -1.40. The fraction of sp³-hybridized carbons (Fsp3) is 0.357. The van der Waals surface area contributed by atoms with Gasteiger partial charge in [-0.3, -0.25) is 10.1 Å². The lowest BCUT2D eigenvalue weighted by molar-refractivity contribution is 0.102. The van der Waals surface area contributed by atoms with Crippen molar-refractivity contribution >= 4 is 34.1 Å². The van der Waals surface area contributed by atoms with E-state index in [0.29, 0.717) is 16.6 Å². The SMILES string of the molecule is CCSc1nnc(NC(=O)c2ccc(C(C)C)cc2)s1. The average Bonchev–Trinajstić information content (AvgIpc) is 2.86. The zero-order valence-corrected chi connectivity index (χ0v) is 13.3. The van der Waals surface area contributed by atoms with Gasteiger partial charge in [0, 0.05) is 5.56 Å². The first-order valence-electron chi connectivity index (χ1n) is 6.47. The van der Waals surface area contributed by atoms with Crippen LogP contribution in [0.1, 0.15) is 42.6 Å². The Bertz CT molecular complexity index is 578. The third-order valence-electron chi connectivity index (χ3n) is 2.73. The zero-order valence-electron chi connectivity index (χ0n) is 11.7. The van der Waals surface area contributed by atoms with Gasteiger partial charge in [0.05, 0.1) is 0 Å². The van der Waals surface area contributed by atoms with Gasteiger partial charge in [-0.15, -0.1) is 10.2 Å². The van der Waals surface area contributed by atoms with E-state index in [4.69, 9.17) is 0 Å². The lowest BCUT2D eigenvalue weighted by atomic mass is 10.0. The number of nitrogens with zero attached hydrogens (tertiary/aromatic N) is 2. The number of carbonyl (C=O) groups is 1. The summed E-state index contributed by atoms with van der Waals surface area (Å²) in [5, 5.41) is 11.3. The first-order chi connectivity index (χ1) is 9.60. The normalized spacial score (nSPS) is 10.8. The van der Waals surface area contributed by atoms with Crippen LogP contribution in [0, 0.1) is 0 Å². The second-order valence-electron chi connectivity index (χ2n) is 4.54. The van der Waals surface area contributed by atoms with Crippen LogP contribution in [0.2, 0.25) is 0 Å². The molecular formula is C14H17N3OS2. The van der Waals surface area contributed by atoms with E-state index in [1.54, 1.807) is 11.8 Å². The minimum atomic E-state index is -0.149. The fourth-order valence-electron chi connectivity index (χ4n) is 1.63. The lowest BCUT2D eigenvalue weighted by Crippen LogP contribution is -2.11. The Labute approximate surface area is 127 Å². The molecule has 0 saturated heterocycles. The van der Waals surface area contributed by atoms with Crippen LogP contribution in [-0.2, 0) is 0 Å². The van der Waals surface area contributed by atoms with Crippen LogP contribution in [0.4, 0.5) is 5.13 Å². The maximum Gasteiger partial charge on any atom is 0.257 e. The number of anilines is 1. The van der Waals surface area contributed by atoms with Gasteiger partial charge in [0.15, 0.2) is 4.34 Å². The molecule has 1 aromatic carbocycles. The third kappa shape index (κ3) is 3.80. The van der Waals surface area contributed by atoms with Crippen LogP contribution in [0.15, 0.2) is 28.6 Å². The number of nitrogens with one attached hydrogen (secondary N) is 1. The summed E-state index contributed by atoms with van der Waals surface area (Å²) >= 11 is 3.02. The Kier molecular flexibility index (Phi) is 5.14. The van der Waals surface area contributed by atoms with E-state index in [-0.39, 0.29) is 5.91 Å². The number of rotatable bonds is 5. The molecule has 6 heteroatoms. The van der Waals surface area contributed by atoms with E-state index in [1.807, 2.05) is 24.3 Å². The molecule has 1 aromatic heterocycles. The molecule has 0 aliphatic carbocycles. The standard InChI is InChI=1S/C14H17N3OS2/c1-4-19-14-17-16-13(20-14)15-12(18)11-7-5-10(6-8-11)9(2)3/h5-9H,4H2,1-3H3,(H,15,16,18). The monoisotopic (exact) mass is 307 g/mol. The summed E-state index contributed by atoms with van der Waals surface area (Å²) in [4.78, 5) is 12.1. The van der Waals surface area contributed by atoms with Crippen LogP contribution < -0.4 is 5.32 Å². The number of benzene rings is 1. The highest BCUT2D eigenvalue weighted by Crippen LogP contribution is 2.25. The molecule has 0 radical (unpaired) electrons. The molecule has 0 fully saturated rings. The van der Waals surface area contributed by atoms with Crippen LogP contribution in [-0.4, -0.2) is 21.9 Å². The van der Waals surface area contributed by atoms with Crippen molar-refractivity contribution in [2.45, 2.75) is 31.0 Å². The largest absolute Gasteiger partial charge is 0.296 e. The van der Waals surface area contributed by atoms with Crippen LogP contribution >= 0.6 is 23.1 Å². The quantitative estimate of drug-likeness (QED) is 0.669. The highest BCUT2D eigenvalue weighted by atomic mass is 32.2. The molecule has 0 atom stereocenters. The summed E-state index contributed by atoms with van der Waals surface area (Å²) in [5.41, 5.74) is 1.85. The van der Waals surface area contributed by atoms with Gasteiger partial charge >= 0.3 is 0 Å². The predicted molar refractivity (Wildman–Crippen MR) is 84.8 cm³/mol. The number of hydrogen-bond acceptors (Lipinski definition) is 5. The van der Waals surface area contributed by atoms with Crippen molar-refractivity contribution in [2.24, 2.45) is 0 Å². The molecule has 0 aliphatic rings. The molecule has 2 rings (SSSR count). The van der Waals surface area contributed by atoms with Gasteiger partial charge in [-0.2, -0.15) is 0 Å². The Morgan fingerprint density at radius 3 is 2.60 bits per heavy atom. The molecule has 106 valence electrons. The van der Waals surface area contributed by atoms with Gasteiger partial charge < -0.3 is 0 Å². The third-order valence-corrected chi connectivity index (χ3v) is 4.59. The molecule has 2 aromatic rings. The lowest BCUT2D eigenvalue weighted by Gasteiger charge is -2.06. The van der Waals surface area contributed by atoms with Crippen molar-refractivity contribution in [3.8, 4) is 0 Å². The van der Waals surface area contributed by atoms with Crippen molar-refractivity contribution in [2.75, 3.05) is 11.1 Å². The number of carbonyl (C=O) groups excluding carboxylic acids is 1. The summed E-state index contributed by atoms with van der Waals surface area (Å²) in [6, 6.07) is 7.65. The van der Waals surface area contributed by atoms with E-state index in [2.05, 4.69) is 36.3 Å². The van der Waals surface area contributed by atoms with Gasteiger partial charge in [0.1, 0.15) is 0 Å². The van der Waals surface area contributed by atoms with Gasteiger partial charge in [0.25, 0.3) is 5.91 Å². The molecule has 4 nitrogen and oxygen atoms in total. The van der Waals surface area contributed by atoms with Gasteiger partial charge in [-0.1, -0.05) is 56.0 Å². The molecule has 20 heavy (non-hydrogen) atoms. The van der Waals surface area contributed by atoms with Crippen molar-refractivity contribution < 1.29 is 4.79 Å². The van der Waals surface area contributed by atoms with Gasteiger partial charge in [-0.05, 0) is 29.4 Å². The topological polar surface area (TPSA) is 54.9 Å². The second kappa shape index (κ2) is 6.85. The molecular weight excluding hydrogens is 290 g/mol. The minimum Gasteiger partial charge on any atom is -0.296 e. The summed E-state index contributed by atoms with van der Waals surface area (Å²) in [5.74, 6) is 1.26. The van der Waals surface area contributed by atoms with E-state index in [9.17, 15) is 4.79 Å². The average molecular weight is 307 g/mol.